The molecular weight excluding hydrogens is 479 g/mol. The van der Waals surface area contributed by atoms with Crippen molar-refractivity contribution in [1.29, 1.82) is 0 Å². The maximum Gasteiger partial charge on any atom is 0.296 e. The first kappa shape index (κ1) is 23.8. The highest BCUT2D eigenvalue weighted by atomic mass is 35.5. The van der Waals surface area contributed by atoms with Crippen molar-refractivity contribution in [1.82, 2.24) is 10.2 Å². The molecule has 1 fully saturated rings. The number of rotatable bonds is 5. The van der Waals surface area contributed by atoms with Gasteiger partial charge in [-0.05, 0) is 36.5 Å². The van der Waals surface area contributed by atoms with E-state index in [-0.39, 0.29) is 27.1 Å². The van der Waals surface area contributed by atoms with Crippen LogP contribution in [0.15, 0.2) is 30.3 Å². The summed E-state index contributed by atoms with van der Waals surface area (Å²) >= 11 is 17.5. The first-order chi connectivity index (χ1) is 15.2. The predicted octanol–water partition coefficient (Wildman–Crippen LogP) is 3.76. The molecule has 1 aliphatic heterocycles. The molecule has 0 radical (unpaired) electrons. The van der Waals surface area contributed by atoms with Gasteiger partial charge in [-0.25, -0.2) is 0 Å². The Labute approximate surface area is 199 Å². The van der Waals surface area contributed by atoms with Crippen LogP contribution in [0.3, 0.4) is 0 Å². The zero-order valence-corrected chi connectivity index (χ0v) is 19.6. The summed E-state index contributed by atoms with van der Waals surface area (Å²) in [4.78, 5) is 27.5. The molecule has 32 heavy (non-hydrogen) atoms. The quantitative estimate of drug-likeness (QED) is 0.378. The molecule has 1 N–H and O–H groups in total. The highest BCUT2D eigenvalue weighted by Gasteiger charge is 2.26. The SMILES string of the molecule is COc1ccc(N2CCN(C(=S)NC(=O)c3cc(Cl)cc(Cl)c3OC)CC2)c([N+](=O)[O-])c1. The monoisotopic (exact) mass is 498 g/mol. The number of methoxy groups -OCH3 is 2. The standard InChI is InChI=1S/C20H20Cl2N4O5S/c1-30-13-3-4-16(17(11-13)26(28)29)24-5-7-25(8-6-24)20(32)23-19(27)14-9-12(21)10-15(22)18(14)31-2/h3-4,9-11H,5-8H2,1-2H3,(H,23,27,32). The Hall–Kier alpha value is -2.82. The summed E-state index contributed by atoms with van der Waals surface area (Å²) in [5.74, 6) is 0.122. The lowest BCUT2D eigenvalue weighted by Crippen LogP contribution is -2.52. The number of amides is 1. The maximum atomic E-state index is 12.7. The molecule has 3 rings (SSSR count). The number of ether oxygens (including phenoxy) is 2. The second-order valence-corrected chi connectivity index (χ2v) is 8.04. The van der Waals surface area contributed by atoms with E-state index in [1.807, 2.05) is 9.80 Å². The lowest BCUT2D eigenvalue weighted by Gasteiger charge is -2.37. The molecule has 12 heteroatoms. The highest BCUT2D eigenvalue weighted by Crippen LogP contribution is 2.33. The van der Waals surface area contributed by atoms with Gasteiger partial charge in [0.1, 0.15) is 17.2 Å². The van der Waals surface area contributed by atoms with Gasteiger partial charge in [-0.15, -0.1) is 0 Å². The van der Waals surface area contributed by atoms with E-state index in [2.05, 4.69) is 5.32 Å². The third-order valence-electron chi connectivity index (χ3n) is 4.96. The number of carbonyl (C=O) groups is 1. The van der Waals surface area contributed by atoms with Gasteiger partial charge in [0.15, 0.2) is 5.11 Å². The number of nitrogens with one attached hydrogen (secondary N) is 1. The minimum absolute atomic E-state index is 0.0291. The predicted molar refractivity (Wildman–Crippen MR) is 127 cm³/mol. The molecular formula is C20H20Cl2N4O5S. The summed E-state index contributed by atoms with van der Waals surface area (Å²) in [5, 5.41) is 14.9. The zero-order chi connectivity index (χ0) is 23.4. The van der Waals surface area contributed by atoms with Crippen molar-refractivity contribution in [3.05, 3.63) is 56.1 Å². The fourth-order valence-corrected chi connectivity index (χ4v) is 4.22. The van der Waals surface area contributed by atoms with E-state index in [0.717, 1.165) is 0 Å². The van der Waals surface area contributed by atoms with E-state index in [4.69, 9.17) is 44.9 Å². The van der Waals surface area contributed by atoms with Crippen molar-refractivity contribution in [3.8, 4) is 11.5 Å². The number of anilines is 1. The van der Waals surface area contributed by atoms with E-state index in [9.17, 15) is 14.9 Å². The van der Waals surface area contributed by atoms with Crippen LogP contribution in [0.1, 0.15) is 10.4 Å². The van der Waals surface area contributed by atoms with E-state index in [0.29, 0.717) is 42.6 Å². The summed E-state index contributed by atoms with van der Waals surface area (Å²) in [5.41, 5.74) is 0.641. The molecule has 0 bridgehead atoms. The summed E-state index contributed by atoms with van der Waals surface area (Å²) < 4.78 is 10.3. The van der Waals surface area contributed by atoms with Crippen molar-refractivity contribution in [2.45, 2.75) is 0 Å². The van der Waals surface area contributed by atoms with Gasteiger partial charge >= 0.3 is 0 Å². The number of nitrogens with zero attached hydrogens (tertiary/aromatic N) is 3. The van der Waals surface area contributed by atoms with Gasteiger partial charge in [0.2, 0.25) is 0 Å². The second kappa shape index (κ2) is 10.2. The van der Waals surface area contributed by atoms with Crippen LogP contribution in [0.4, 0.5) is 11.4 Å². The molecule has 2 aromatic rings. The van der Waals surface area contributed by atoms with Gasteiger partial charge in [0.05, 0.1) is 35.8 Å². The number of hydrogen-bond donors (Lipinski definition) is 1. The fourth-order valence-electron chi connectivity index (χ4n) is 3.37. The van der Waals surface area contributed by atoms with Crippen molar-refractivity contribution in [2.24, 2.45) is 0 Å². The summed E-state index contributed by atoms with van der Waals surface area (Å²) in [7, 11) is 2.86. The molecule has 0 aliphatic carbocycles. The Kier molecular flexibility index (Phi) is 7.60. The zero-order valence-electron chi connectivity index (χ0n) is 17.3. The number of hydrogen-bond acceptors (Lipinski definition) is 7. The Morgan fingerprint density at radius 3 is 2.41 bits per heavy atom. The van der Waals surface area contributed by atoms with Crippen molar-refractivity contribution >= 4 is 57.8 Å². The van der Waals surface area contributed by atoms with Crippen LogP contribution in [-0.2, 0) is 0 Å². The average Bonchev–Trinajstić information content (AvgIpc) is 2.78. The molecule has 1 amide bonds. The summed E-state index contributed by atoms with van der Waals surface area (Å²) in [6, 6.07) is 7.68. The first-order valence-corrected chi connectivity index (χ1v) is 10.6. The Bertz CT molecular complexity index is 1060. The molecule has 1 heterocycles. The van der Waals surface area contributed by atoms with Crippen LogP contribution in [0, 0.1) is 10.1 Å². The Morgan fingerprint density at radius 2 is 1.81 bits per heavy atom. The number of benzene rings is 2. The van der Waals surface area contributed by atoms with Crippen LogP contribution in [-0.4, -0.2) is 61.2 Å². The Balaban J connectivity index is 1.67. The van der Waals surface area contributed by atoms with E-state index < -0.39 is 10.8 Å². The van der Waals surface area contributed by atoms with E-state index in [1.165, 1.54) is 32.4 Å². The number of carbonyl (C=O) groups excluding carboxylic acids is 1. The first-order valence-electron chi connectivity index (χ1n) is 9.45. The van der Waals surface area contributed by atoms with Crippen LogP contribution in [0.25, 0.3) is 0 Å². The second-order valence-electron chi connectivity index (χ2n) is 6.81. The fraction of sp³-hybridized carbons (Fsp3) is 0.300. The van der Waals surface area contributed by atoms with Crippen LogP contribution < -0.4 is 19.7 Å². The third-order valence-corrected chi connectivity index (χ3v) is 5.82. The summed E-state index contributed by atoms with van der Waals surface area (Å²) in [6.07, 6.45) is 0. The smallest absolute Gasteiger partial charge is 0.296 e. The normalized spacial score (nSPS) is 13.5. The van der Waals surface area contributed by atoms with Crippen LogP contribution in [0.2, 0.25) is 10.0 Å². The van der Waals surface area contributed by atoms with Gasteiger partial charge < -0.3 is 19.3 Å². The molecule has 9 nitrogen and oxygen atoms in total. The Morgan fingerprint density at radius 1 is 1.12 bits per heavy atom. The molecule has 0 unspecified atom stereocenters. The third kappa shape index (κ3) is 5.14. The van der Waals surface area contributed by atoms with Crippen molar-refractivity contribution in [3.63, 3.8) is 0 Å². The lowest BCUT2D eigenvalue weighted by atomic mass is 10.2. The molecule has 0 aromatic heterocycles. The number of halogens is 2. The van der Waals surface area contributed by atoms with E-state index in [1.54, 1.807) is 12.1 Å². The molecule has 0 saturated carbocycles. The van der Waals surface area contributed by atoms with Crippen LogP contribution >= 0.6 is 35.4 Å². The molecule has 0 spiro atoms. The number of nitro benzene ring substituents is 1. The van der Waals surface area contributed by atoms with Crippen molar-refractivity contribution < 1.29 is 19.2 Å². The number of piperazine rings is 1. The van der Waals surface area contributed by atoms with Gasteiger partial charge in [-0.3, -0.25) is 20.2 Å². The van der Waals surface area contributed by atoms with E-state index >= 15 is 0 Å². The largest absolute Gasteiger partial charge is 0.496 e. The molecule has 170 valence electrons. The highest BCUT2D eigenvalue weighted by molar-refractivity contribution is 7.80. The van der Waals surface area contributed by atoms with Gasteiger partial charge in [-0.2, -0.15) is 0 Å². The molecule has 0 atom stereocenters. The van der Waals surface area contributed by atoms with Crippen LogP contribution in [0.5, 0.6) is 11.5 Å². The molecule has 1 saturated heterocycles. The minimum Gasteiger partial charge on any atom is -0.496 e. The number of nitro groups is 1. The maximum absolute atomic E-state index is 12.7. The van der Waals surface area contributed by atoms with Gasteiger partial charge in [-0.1, -0.05) is 23.2 Å². The van der Waals surface area contributed by atoms with Gasteiger partial charge in [0.25, 0.3) is 11.6 Å². The van der Waals surface area contributed by atoms with Crippen molar-refractivity contribution in [2.75, 3.05) is 45.3 Å². The topological polar surface area (TPSA) is 97.2 Å². The minimum atomic E-state index is -0.496. The molecule has 1 aliphatic rings. The summed E-state index contributed by atoms with van der Waals surface area (Å²) in [6.45, 7) is 1.90. The number of thiocarbonyl (C=S) groups is 1. The molecule has 2 aromatic carbocycles. The van der Waals surface area contributed by atoms with Gasteiger partial charge in [0, 0.05) is 31.2 Å². The average molecular weight is 499 g/mol. The lowest BCUT2D eigenvalue weighted by molar-refractivity contribution is -0.384.